The molecule has 0 amide bonds. The van der Waals surface area contributed by atoms with Crippen molar-refractivity contribution in [3.05, 3.63) is 240 Å². The molecule has 0 aromatic heterocycles. The first-order valence-electron chi connectivity index (χ1n) is 28.8. The van der Waals surface area contributed by atoms with Gasteiger partial charge >= 0.3 is 0 Å². The van der Waals surface area contributed by atoms with Crippen LogP contribution in [0.5, 0.6) is 34.5 Å². The molecule has 10 aromatic rings. The summed E-state index contributed by atoms with van der Waals surface area (Å²) in [6, 6.07) is 73.8. The van der Waals surface area contributed by atoms with Gasteiger partial charge in [-0.2, -0.15) is 10.5 Å². The molecule has 0 bridgehead atoms. The number of rotatable bonds is 19. The van der Waals surface area contributed by atoms with Gasteiger partial charge in [0.25, 0.3) is 0 Å². The van der Waals surface area contributed by atoms with Gasteiger partial charge in [0.05, 0.1) is 23.3 Å². The normalized spacial score (nSPS) is 13.7. The van der Waals surface area contributed by atoms with Crippen molar-refractivity contribution in [2.75, 3.05) is 13.6 Å². The summed E-state index contributed by atoms with van der Waals surface area (Å²) < 4.78 is 39.0. The number of hydrogen-bond donors (Lipinski definition) is 0. The number of nitriles is 2. The molecule has 0 N–H and O–H groups in total. The molecule has 2 aliphatic rings. The van der Waals surface area contributed by atoms with Crippen LogP contribution < -0.4 is 28.4 Å². The van der Waals surface area contributed by atoms with E-state index in [-0.39, 0.29) is 13.6 Å². The Hall–Kier alpha value is -9.50. The first-order chi connectivity index (χ1) is 40.5. The van der Waals surface area contributed by atoms with E-state index >= 15 is 0 Å². The third kappa shape index (κ3) is 12.6. The van der Waals surface area contributed by atoms with Crippen LogP contribution in [0.3, 0.4) is 0 Å². The predicted molar refractivity (Wildman–Crippen MR) is 326 cm³/mol. The zero-order chi connectivity index (χ0) is 55.5. The molecule has 0 aliphatic heterocycles. The lowest BCUT2D eigenvalue weighted by molar-refractivity contribution is 0.118. The second-order valence-corrected chi connectivity index (χ2v) is 21.6. The molecule has 2 fully saturated rings. The van der Waals surface area contributed by atoms with Crippen LogP contribution in [-0.2, 0) is 13.2 Å². The Balaban J connectivity index is 0.859. The molecule has 0 spiro atoms. The van der Waals surface area contributed by atoms with Crippen molar-refractivity contribution in [2.24, 2.45) is 0 Å². The molecule has 0 atom stereocenters. The van der Waals surface area contributed by atoms with Crippen molar-refractivity contribution < 1.29 is 28.4 Å². The third-order valence-electron chi connectivity index (χ3n) is 16.3. The highest BCUT2D eigenvalue weighted by atomic mass is 16.7. The molecule has 0 unspecified atom stereocenters. The fraction of sp³-hybridized carbons (Fsp3) is 0.216. The summed E-state index contributed by atoms with van der Waals surface area (Å²) >= 11 is 0. The van der Waals surface area contributed by atoms with Gasteiger partial charge in [0, 0.05) is 11.1 Å². The largest absolute Gasteiger partial charge is 0.489 e. The molecule has 0 heterocycles. The average Bonchev–Trinajstić information content (AvgIpc) is 3.69. The van der Waals surface area contributed by atoms with Gasteiger partial charge in [-0.05, 0) is 201 Å². The van der Waals surface area contributed by atoms with Crippen molar-refractivity contribution in [2.45, 2.75) is 89.3 Å². The van der Waals surface area contributed by atoms with Gasteiger partial charge < -0.3 is 28.4 Å². The minimum Gasteiger partial charge on any atom is -0.489 e. The number of ether oxygens (including phenoxy) is 6. The highest BCUT2D eigenvalue weighted by molar-refractivity contribution is 6.10. The molecule has 10 aromatic carbocycles. The smallest absolute Gasteiger partial charge is 0.230 e. The molecule has 8 nitrogen and oxygen atoms in total. The van der Waals surface area contributed by atoms with Gasteiger partial charge in [-0.25, -0.2) is 0 Å². The topological polar surface area (TPSA) is 103 Å². The fourth-order valence-electron chi connectivity index (χ4n) is 11.8. The van der Waals surface area contributed by atoms with Crippen LogP contribution in [0.4, 0.5) is 0 Å². The zero-order valence-electron chi connectivity index (χ0n) is 46.0. The molecule has 0 saturated heterocycles. The highest BCUT2D eigenvalue weighted by Crippen LogP contribution is 2.46. The van der Waals surface area contributed by atoms with E-state index in [9.17, 15) is 10.5 Å². The van der Waals surface area contributed by atoms with E-state index in [0.717, 1.165) is 77.6 Å². The van der Waals surface area contributed by atoms with Crippen LogP contribution in [0.1, 0.15) is 109 Å². The van der Waals surface area contributed by atoms with E-state index in [2.05, 4.69) is 109 Å². The number of nitrogens with zero attached hydrogens (tertiary/aromatic N) is 2. The quantitative estimate of drug-likeness (QED) is 0.0738. The van der Waals surface area contributed by atoms with Crippen molar-refractivity contribution in [1.82, 2.24) is 0 Å². The predicted octanol–water partition coefficient (Wildman–Crippen LogP) is 18.8. The molecule has 2 aliphatic carbocycles. The average molecular weight is 1080 g/mol. The standard InChI is InChI=1S/C74H64N2O6/c75-45-51-11-17-57(18-12-51)61-25-35-67(36-26-61)79-49-81-71-41-29-63-43-53(47-77-65-31-21-59(22-32-65)55-7-3-1-4-8-55)15-39-69(63)73(71)74-70-40-16-54(48-78-66-33-23-60(24-34-66)56-9-5-2-6-10-56)44-64(70)30-42-72(74)82-50-80-68-37-27-62(28-38-68)58-19-13-52(46-76)14-20-58/h11-44,55-56H,1-10,47-50H2. The maximum Gasteiger partial charge on any atom is 0.230 e. The van der Waals surface area contributed by atoms with Crippen molar-refractivity contribution in [3.63, 3.8) is 0 Å². The van der Waals surface area contributed by atoms with Crippen LogP contribution in [0.25, 0.3) is 54.9 Å². The highest BCUT2D eigenvalue weighted by Gasteiger charge is 2.22. The van der Waals surface area contributed by atoms with Crippen LogP contribution in [0.2, 0.25) is 0 Å². The summed E-state index contributed by atoms with van der Waals surface area (Å²) in [6.45, 7) is 0.694. The van der Waals surface area contributed by atoms with E-state index in [1.54, 1.807) is 0 Å². The molecule has 8 heteroatoms. The van der Waals surface area contributed by atoms with Gasteiger partial charge in [-0.1, -0.05) is 148 Å². The van der Waals surface area contributed by atoms with E-state index in [1.807, 2.05) is 109 Å². The molecular formula is C74H64N2O6. The Bertz CT molecular complexity index is 3610. The summed E-state index contributed by atoms with van der Waals surface area (Å²) in [5.41, 5.74) is 11.9. The van der Waals surface area contributed by atoms with Gasteiger partial charge in [-0.15, -0.1) is 0 Å². The van der Waals surface area contributed by atoms with Gasteiger partial charge in [0.1, 0.15) is 47.7 Å². The summed E-state index contributed by atoms with van der Waals surface area (Å²) in [6.07, 6.45) is 12.9. The molecular weight excluding hydrogens is 1010 g/mol. The molecule has 2 saturated carbocycles. The second-order valence-electron chi connectivity index (χ2n) is 21.6. The van der Waals surface area contributed by atoms with Crippen molar-refractivity contribution >= 4 is 21.5 Å². The molecule has 406 valence electrons. The monoisotopic (exact) mass is 1080 g/mol. The van der Waals surface area contributed by atoms with E-state index in [4.69, 9.17) is 28.4 Å². The fourth-order valence-corrected chi connectivity index (χ4v) is 11.8. The molecule has 82 heavy (non-hydrogen) atoms. The maximum atomic E-state index is 9.31. The number of benzene rings is 10. The first kappa shape index (κ1) is 53.2. The van der Waals surface area contributed by atoms with Gasteiger partial charge in [-0.3, -0.25) is 0 Å². The van der Waals surface area contributed by atoms with Gasteiger partial charge in [0.15, 0.2) is 0 Å². The first-order valence-corrected chi connectivity index (χ1v) is 28.8. The van der Waals surface area contributed by atoms with Gasteiger partial charge in [0.2, 0.25) is 13.6 Å². The van der Waals surface area contributed by atoms with E-state index in [1.165, 1.54) is 75.3 Å². The Morgan fingerprint density at radius 1 is 0.329 bits per heavy atom. The molecule has 0 radical (unpaired) electrons. The second kappa shape index (κ2) is 25.3. The maximum absolute atomic E-state index is 9.31. The Morgan fingerprint density at radius 2 is 0.671 bits per heavy atom. The van der Waals surface area contributed by atoms with Crippen LogP contribution in [-0.4, -0.2) is 13.6 Å². The lowest BCUT2D eigenvalue weighted by Crippen LogP contribution is -2.09. The van der Waals surface area contributed by atoms with Crippen molar-refractivity contribution in [3.8, 4) is 80.0 Å². The minimum absolute atomic E-state index is 0.0637. The lowest BCUT2D eigenvalue weighted by Gasteiger charge is -2.22. The minimum atomic E-state index is -0.0637. The van der Waals surface area contributed by atoms with Crippen molar-refractivity contribution in [1.29, 1.82) is 10.5 Å². The Kier molecular flexibility index (Phi) is 16.4. The Labute approximate surface area is 480 Å². The lowest BCUT2D eigenvalue weighted by atomic mass is 9.84. The summed E-state index contributed by atoms with van der Waals surface area (Å²) in [4.78, 5) is 0. The summed E-state index contributed by atoms with van der Waals surface area (Å²) in [5.74, 6) is 5.52. The van der Waals surface area contributed by atoms with E-state index < -0.39 is 0 Å². The summed E-state index contributed by atoms with van der Waals surface area (Å²) in [7, 11) is 0. The Morgan fingerprint density at radius 3 is 1.04 bits per heavy atom. The van der Waals surface area contributed by atoms with Crippen LogP contribution in [0, 0.1) is 22.7 Å². The van der Waals surface area contributed by atoms with Crippen LogP contribution >= 0.6 is 0 Å². The van der Waals surface area contributed by atoms with Crippen LogP contribution in [0.15, 0.2) is 206 Å². The molecule has 12 rings (SSSR count). The van der Waals surface area contributed by atoms with E-state index in [0.29, 0.717) is 59.2 Å². The number of hydrogen-bond acceptors (Lipinski definition) is 8. The SMILES string of the molecule is N#Cc1ccc(-c2ccc(OCOc3ccc4cc(COc5ccc(C6CCCCC6)cc5)ccc4c3-c3c(OCOc4ccc(-c5ccc(C#N)cc5)cc4)ccc4cc(COc5ccc(C6CCCCC6)cc5)ccc34)cc2)cc1. The number of fused-ring (bicyclic) bond motifs is 2. The summed E-state index contributed by atoms with van der Waals surface area (Å²) in [5, 5.41) is 22.6. The zero-order valence-corrected chi connectivity index (χ0v) is 46.0. The third-order valence-corrected chi connectivity index (χ3v) is 16.3.